The highest BCUT2D eigenvalue weighted by molar-refractivity contribution is 5.89. The summed E-state index contributed by atoms with van der Waals surface area (Å²) in [6.07, 6.45) is 1.61. The van der Waals surface area contributed by atoms with Crippen molar-refractivity contribution in [2.24, 2.45) is 11.8 Å². The third-order valence-corrected chi connectivity index (χ3v) is 4.45. The minimum absolute atomic E-state index is 0.0733. The Balaban J connectivity index is 1.96. The number of hydrogen-bond donors (Lipinski definition) is 1. The van der Waals surface area contributed by atoms with Crippen molar-refractivity contribution in [3.8, 4) is 5.75 Å². The molecule has 0 aromatic heterocycles. The Bertz CT molecular complexity index is 561. The van der Waals surface area contributed by atoms with Crippen LogP contribution in [-0.4, -0.2) is 37.1 Å². The molecule has 1 fully saturated rings. The predicted octanol–water partition coefficient (Wildman–Crippen LogP) is 1.72. The molecule has 2 atom stereocenters. The average Bonchev–Trinajstić information content (AvgIpc) is 2.54. The van der Waals surface area contributed by atoms with E-state index in [0.717, 1.165) is 6.42 Å². The summed E-state index contributed by atoms with van der Waals surface area (Å²) in [4.78, 5) is 25.0. The molecule has 0 radical (unpaired) electrons. The lowest BCUT2D eigenvalue weighted by molar-refractivity contribution is -0.307. The third kappa shape index (κ3) is 4.61. The number of carboxylic acid groups (broad SMARTS) is 1. The molecule has 1 heterocycles. The summed E-state index contributed by atoms with van der Waals surface area (Å²) in [5, 5.41) is 13.7. The number of hydrogen-bond acceptors (Lipinski definition) is 4. The summed E-state index contributed by atoms with van der Waals surface area (Å²) in [5.41, 5.74) is 0.680. The van der Waals surface area contributed by atoms with Crippen LogP contribution in [0.3, 0.4) is 0 Å². The van der Waals surface area contributed by atoms with E-state index in [0.29, 0.717) is 30.9 Å². The lowest BCUT2D eigenvalue weighted by Gasteiger charge is -2.38. The summed E-state index contributed by atoms with van der Waals surface area (Å²) in [6.45, 7) is 3.16. The molecular formula is C17H23N2O4-. The van der Waals surface area contributed by atoms with Crippen molar-refractivity contribution in [3.63, 3.8) is 0 Å². The van der Waals surface area contributed by atoms with Gasteiger partial charge in [0.1, 0.15) is 5.75 Å². The average molecular weight is 319 g/mol. The molecule has 0 bridgehead atoms. The number of aliphatic carboxylic acids is 1. The third-order valence-electron chi connectivity index (χ3n) is 4.45. The lowest BCUT2D eigenvalue weighted by atomic mass is 9.82. The number of urea groups is 1. The van der Waals surface area contributed by atoms with Crippen LogP contribution in [0.2, 0.25) is 0 Å². The van der Waals surface area contributed by atoms with E-state index in [4.69, 9.17) is 4.74 Å². The number of carboxylic acids is 1. The highest BCUT2D eigenvalue weighted by atomic mass is 16.5. The normalized spacial score (nSPS) is 20.9. The lowest BCUT2D eigenvalue weighted by Crippen LogP contribution is -2.46. The molecule has 1 aliphatic rings. The Hall–Kier alpha value is -2.24. The first-order chi connectivity index (χ1) is 11.0. The van der Waals surface area contributed by atoms with Crippen molar-refractivity contribution in [2.75, 3.05) is 25.5 Å². The van der Waals surface area contributed by atoms with Gasteiger partial charge in [0, 0.05) is 30.8 Å². The first-order valence-electron chi connectivity index (χ1n) is 7.93. The van der Waals surface area contributed by atoms with Crippen molar-refractivity contribution in [3.05, 3.63) is 24.3 Å². The van der Waals surface area contributed by atoms with E-state index >= 15 is 0 Å². The zero-order valence-electron chi connectivity index (χ0n) is 13.6. The number of nitrogens with zero attached hydrogens (tertiary/aromatic N) is 1. The fourth-order valence-corrected chi connectivity index (χ4v) is 3.11. The smallest absolute Gasteiger partial charge is 0.321 e. The molecule has 2 rings (SSSR count). The van der Waals surface area contributed by atoms with Crippen molar-refractivity contribution in [1.29, 1.82) is 0 Å². The fourth-order valence-electron chi connectivity index (χ4n) is 3.11. The number of anilines is 1. The first-order valence-corrected chi connectivity index (χ1v) is 7.93. The number of benzene rings is 1. The Morgan fingerprint density at radius 2 is 2.17 bits per heavy atom. The van der Waals surface area contributed by atoms with Crippen LogP contribution in [0.15, 0.2) is 24.3 Å². The molecule has 0 spiro atoms. The van der Waals surface area contributed by atoms with Crippen molar-refractivity contribution < 1.29 is 19.4 Å². The summed E-state index contributed by atoms with van der Waals surface area (Å²) < 4.78 is 5.14. The maximum absolute atomic E-state index is 12.4. The fraction of sp³-hybridized carbons (Fsp3) is 0.529. The molecule has 1 aliphatic heterocycles. The second kappa shape index (κ2) is 7.85. The molecule has 0 unspecified atom stereocenters. The number of nitrogens with one attached hydrogen (secondary N) is 1. The number of methoxy groups -OCH3 is 1. The number of carbonyl (C=O) groups is 2. The van der Waals surface area contributed by atoms with Gasteiger partial charge in [-0.2, -0.15) is 0 Å². The van der Waals surface area contributed by atoms with Crippen molar-refractivity contribution in [2.45, 2.75) is 26.2 Å². The molecule has 0 saturated carbocycles. The SMILES string of the molecule is CC[C@H]1CN(C(=O)Nc2cccc(OC)c2)CC[C@H]1CC(=O)[O-]. The molecule has 6 heteroatoms. The number of rotatable bonds is 5. The number of ether oxygens (including phenoxy) is 1. The van der Waals surface area contributed by atoms with Gasteiger partial charge < -0.3 is 24.9 Å². The molecule has 0 aliphatic carbocycles. The van der Waals surface area contributed by atoms with Gasteiger partial charge in [0.2, 0.25) is 0 Å². The maximum Gasteiger partial charge on any atom is 0.321 e. The van der Waals surface area contributed by atoms with Gasteiger partial charge in [-0.1, -0.05) is 19.4 Å². The van der Waals surface area contributed by atoms with Gasteiger partial charge in [-0.3, -0.25) is 0 Å². The molecule has 6 nitrogen and oxygen atoms in total. The Labute approximate surface area is 136 Å². The summed E-state index contributed by atoms with van der Waals surface area (Å²) in [5.74, 6) is -0.0480. The van der Waals surface area contributed by atoms with E-state index in [2.05, 4.69) is 5.32 Å². The van der Waals surface area contributed by atoms with E-state index in [1.807, 2.05) is 19.1 Å². The molecule has 126 valence electrons. The van der Waals surface area contributed by atoms with E-state index in [1.54, 1.807) is 24.1 Å². The van der Waals surface area contributed by atoms with Crippen LogP contribution < -0.4 is 15.2 Å². The molecule has 1 aromatic carbocycles. The molecule has 1 saturated heterocycles. The van der Waals surface area contributed by atoms with Gasteiger partial charge in [-0.15, -0.1) is 0 Å². The van der Waals surface area contributed by atoms with Gasteiger partial charge in [0.15, 0.2) is 0 Å². The van der Waals surface area contributed by atoms with Gasteiger partial charge in [0.05, 0.1) is 7.11 Å². The molecule has 2 amide bonds. The minimum atomic E-state index is -1.01. The van der Waals surface area contributed by atoms with Crippen LogP contribution in [0, 0.1) is 11.8 Å². The van der Waals surface area contributed by atoms with E-state index in [1.165, 1.54) is 0 Å². The summed E-state index contributed by atoms with van der Waals surface area (Å²) in [6, 6.07) is 7.03. The highest BCUT2D eigenvalue weighted by Gasteiger charge is 2.30. The molecule has 1 aromatic rings. The Morgan fingerprint density at radius 1 is 1.39 bits per heavy atom. The largest absolute Gasteiger partial charge is 0.550 e. The monoisotopic (exact) mass is 319 g/mol. The minimum Gasteiger partial charge on any atom is -0.550 e. The standard InChI is InChI=1S/C17H24N2O4/c1-3-12-11-19(8-7-13(12)9-16(20)21)17(22)18-14-5-4-6-15(10-14)23-2/h4-6,10,12-13H,3,7-9,11H2,1-2H3,(H,18,22)(H,20,21)/p-1/t12-,13-/m0/s1. The van der Waals surface area contributed by atoms with Gasteiger partial charge >= 0.3 is 6.03 Å². The van der Waals surface area contributed by atoms with Crippen LogP contribution in [0.4, 0.5) is 10.5 Å². The highest BCUT2D eigenvalue weighted by Crippen LogP contribution is 2.29. The number of carbonyl (C=O) groups excluding carboxylic acids is 2. The quantitative estimate of drug-likeness (QED) is 0.896. The second-order valence-corrected chi connectivity index (χ2v) is 5.90. The molecule has 23 heavy (non-hydrogen) atoms. The first kappa shape index (κ1) is 17.1. The Morgan fingerprint density at radius 3 is 2.83 bits per heavy atom. The van der Waals surface area contributed by atoms with Crippen LogP contribution in [-0.2, 0) is 4.79 Å². The van der Waals surface area contributed by atoms with Crippen LogP contribution in [0.25, 0.3) is 0 Å². The Kier molecular flexibility index (Phi) is 5.84. The summed E-state index contributed by atoms with van der Waals surface area (Å²) in [7, 11) is 1.58. The zero-order chi connectivity index (χ0) is 16.8. The van der Waals surface area contributed by atoms with E-state index < -0.39 is 5.97 Å². The van der Waals surface area contributed by atoms with Gasteiger partial charge in [-0.05, 0) is 36.8 Å². The van der Waals surface area contributed by atoms with E-state index in [-0.39, 0.29) is 24.3 Å². The van der Waals surface area contributed by atoms with Crippen LogP contribution in [0.5, 0.6) is 5.75 Å². The number of likely N-dealkylation sites (tertiary alicyclic amines) is 1. The maximum atomic E-state index is 12.4. The van der Waals surface area contributed by atoms with Gasteiger partial charge in [-0.25, -0.2) is 4.79 Å². The topological polar surface area (TPSA) is 81.7 Å². The number of piperidine rings is 1. The van der Waals surface area contributed by atoms with Crippen molar-refractivity contribution in [1.82, 2.24) is 4.90 Å². The van der Waals surface area contributed by atoms with Crippen LogP contribution in [0.1, 0.15) is 26.2 Å². The number of amides is 2. The van der Waals surface area contributed by atoms with Gasteiger partial charge in [0.25, 0.3) is 0 Å². The molecule has 1 N–H and O–H groups in total. The van der Waals surface area contributed by atoms with Crippen LogP contribution >= 0.6 is 0 Å². The zero-order valence-corrected chi connectivity index (χ0v) is 13.6. The molecular weight excluding hydrogens is 296 g/mol. The van der Waals surface area contributed by atoms with Crippen molar-refractivity contribution >= 4 is 17.7 Å². The predicted molar refractivity (Wildman–Crippen MR) is 85.1 cm³/mol. The second-order valence-electron chi connectivity index (χ2n) is 5.90. The summed E-state index contributed by atoms with van der Waals surface area (Å²) >= 11 is 0. The van der Waals surface area contributed by atoms with E-state index in [9.17, 15) is 14.7 Å².